The van der Waals surface area contributed by atoms with E-state index in [0.29, 0.717) is 21.9 Å². The summed E-state index contributed by atoms with van der Waals surface area (Å²) in [5, 5.41) is 10.7. The van der Waals surface area contributed by atoms with Crippen molar-refractivity contribution in [3.8, 4) is 0 Å². The molecule has 0 aliphatic heterocycles. The van der Waals surface area contributed by atoms with Crippen molar-refractivity contribution < 1.29 is 13.2 Å². The summed E-state index contributed by atoms with van der Waals surface area (Å²) in [7, 11) is -3.33. The van der Waals surface area contributed by atoms with Crippen molar-refractivity contribution >= 4 is 32.2 Å². The molecule has 0 radical (unpaired) electrons. The Balaban J connectivity index is 1.65. The van der Waals surface area contributed by atoms with Crippen LogP contribution < -0.4 is 5.32 Å². The van der Waals surface area contributed by atoms with E-state index in [4.69, 9.17) is 0 Å². The Morgan fingerprint density at radius 2 is 1.86 bits per heavy atom. The Morgan fingerprint density at radius 3 is 2.45 bits per heavy atom. The number of rotatable bonds is 6. The Morgan fingerprint density at radius 1 is 1.17 bits per heavy atom. The van der Waals surface area contributed by atoms with Crippen molar-refractivity contribution in [1.29, 1.82) is 0 Å². The lowest BCUT2D eigenvalue weighted by molar-refractivity contribution is -0.119. The number of hydrogen-bond donors (Lipinski definition) is 1. The maximum absolute atomic E-state index is 13.3. The van der Waals surface area contributed by atoms with Crippen LogP contribution in [0.5, 0.6) is 0 Å². The molecule has 2 atom stereocenters. The minimum atomic E-state index is -3.33. The lowest BCUT2D eigenvalue weighted by Crippen LogP contribution is -2.32. The molecule has 0 spiro atoms. The van der Waals surface area contributed by atoms with Gasteiger partial charge in [0.05, 0.1) is 15.6 Å². The highest BCUT2D eigenvalue weighted by Gasteiger charge is 2.63. The van der Waals surface area contributed by atoms with E-state index in [1.807, 2.05) is 12.1 Å². The van der Waals surface area contributed by atoms with E-state index in [9.17, 15) is 13.2 Å². The highest BCUT2D eigenvalue weighted by atomic mass is 32.2. The topological polar surface area (TPSA) is 89.0 Å². The molecule has 2 fully saturated rings. The summed E-state index contributed by atoms with van der Waals surface area (Å²) in [5.41, 5.74) is 1.89. The van der Waals surface area contributed by atoms with Gasteiger partial charge in [-0.1, -0.05) is 55.6 Å². The van der Waals surface area contributed by atoms with Gasteiger partial charge in [-0.3, -0.25) is 10.1 Å². The number of carbonyl (C=O) groups is 1. The van der Waals surface area contributed by atoms with Gasteiger partial charge in [-0.05, 0) is 49.8 Å². The molecule has 2 unspecified atom stereocenters. The van der Waals surface area contributed by atoms with E-state index in [1.54, 1.807) is 31.5 Å². The third kappa shape index (κ3) is 3.72. The van der Waals surface area contributed by atoms with Crippen LogP contribution in [0.4, 0.5) is 5.13 Å². The number of amides is 1. The highest BCUT2D eigenvalue weighted by molar-refractivity contribution is 7.92. The molecule has 2 aromatic rings. The summed E-state index contributed by atoms with van der Waals surface area (Å²) in [6.07, 6.45) is 6.85. The number of hydrogen-bond acceptors (Lipinski definition) is 6. The lowest BCUT2D eigenvalue weighted by atomic mass is 9.80. The van der Waals surface area contributed by atoms with Crippen molar-refractivity contribution in [2.24, 2.45) is 11.8 Å². The normalized spacial score (nSPS) is 25.1. The fourth-order valence-electron chi connectivity index (χ4n) is 4.77. The van der Waals surface area contributed by atoms with Crippen LogP contribution in [0.3, 0.4) is 0 Å². The largest absolute Gasteiger partial charge is 0.300 e. The Labute approximate surface area is 176 Å². The van der Waals surface area contributed by atoms with Crippen LogP contribution >= 0.6 is 11.3 Å². The highest BCUT2D eigenvalue weighted by Crippen LogP contribution is 2.61. The molecule has 1 heterocycles. The molecule has 0 bridgehead atoms. The maximum atomic E-state index is 13.3. The molecule has 1 aromatic carbocycles. The Kier molecular flexibility index (Phi) is 5.50. The molecule has 4 rings (SSSR count). The van der Waals surface area contributed by atoms with Crippen molar-refractivity contribution in [2.45, 2.75) is 67.9 Å². The number of nitrogens with one attached hydrogen (secondary N) is 1. The van der Waals surface area contributed by atoms with Gasteiger partial charge in [0.2, 0.25) is 11.0 Å². The fourth-order valence-corrected chi connectivity index (χ4v) is 6.27. The monoisotopic (exact) mass is 433 g/mol. The SMILES string of the molecule is CC(C)S(=O)(=O)c1ccc(C2(C(=O)Nc3nncs3)CC2C2CCCCC2)cc1. The second-order valence-electron chi connectivity index (χ2n) is 8.50. The number of benzene rings is 1. The van der Waals surface area contributed by atoms with Crippen LogP contribution in [-0.4, -0.2) is 29.8 Å². The van der Waals surface area contributed by atoms with Gasteiger partial charge in [0, 0.05) is 0 Å². The molecule has 2 saturated carbocycles. The van der Waals surface area contributed by atoms with E-state index in [0.717, 1.165) is 24.8 Å². The summed E-state index contributed by atoms with van der Waals surface area (Å²) < 4.78 is 24.9. The number of aromatic nitrogens is 2. The van der Waals surface area contributed by atoms with E-state index in [1.165, 1.54) is 30.6 Å². The molecule has 8 heteroatoms. The zero-order valence-corrected chi connectivity index (χ0v) is 18.4. The average Bonchev–Trinajstić information content (AvgIpc) is 3.29. The van der Waals surface area contributed by atoms with Crippen LogP contribution in [0.25, 0.3) is 0 Å². The number of sulfone groups is 1. The van der Waals surface area contributed by atoms with E-state index < -0.39 is 20.5 Å². The van der Waals surface area contributed by atoms with Gasteiger partial charge in [0.25, 0.3) is 0 Å². The smallest absolute Gasteiger partial charge is 0.237 e. The minimum Gasteiger partial charge on any atom is -0.300 e. The van der Waals surface area contributed by atoms with Gasteiger partial charge < -0.3 is 0 Å². The van der Waals surface area contributed by atoms with Crippen molar-refractivity contribution in [1.82, 2.24) is 10.2 Å². The van der Waals surface area contributed by atoms with Crippen LogP contribution in [0.15, 0.2) is 34.7 Å². The van der Waals surface area contributed by atoms with Crippen LogP contribution in [-0.2, 0) is 20.0 Å². The summed E-state index contributed by atoms with van der Waals surface area (Å²) >= 11 is 1.30. The first kappa shape index (κ1) is 20.5. The molecule has 1 N–H and O–H groups in total. The molecule has 2 aliphatic rings. The summed E-state index contributed by atoms with van der Waals surface area (Å²) in [6.45, 7) is 3.36. The molecule has 29 heavy (non-hydrogen) atoms. The van der Waals surface area contributed by atoms with E-state index in [-0.39, 0.29) is 5.91 Å². The van der Waals surface area contributed by atoms with Gasteiger partial charge in [0.1, 0.15) is 5.51 Å². The van der Waals surface area contributed by atoms with Crippen LogP contribution in [0, 0.1) is 11.8 Å². The third-order valence-corrected chi connectivity index (χ3v) is 9.31. The molecule has 156 valence electrons. The van der Waals surface area contributed by atoms with E-state index >= 15 is 0 Å². The minimum absolute atomic E-state index is 0.0516. The van der Waals surface area contributed by atoms with Gasteiger partial charge in [-0.2, -0.15) is 0 Å². The first-order valence-electron chi connectivity index (χ1n) is 10.3. The fraction of sp³-hybridized carbons (Fsp3) is 0.571. The molecule has 6 nitrogen and oxygen atoms in total. The molecule has 0 saturated heterocycles. The molecule has 2 aliphatic carbocycles. The number of carbonyl (C=O) groups excluding carboxylic acids is 1. The van der Waals surface area contributed by atoms with Gasteiger partial charge in [-0.25, -0.2) is 8.42 Å². The van der Waals surface area contributed by atoms with E-state index in [2.05, 4.69) is 15.5 Å². The van der Waals surface area contributed by atoms with Gasteiger partial charge >= 0.3 is 0 Å². The number of nitrogens with zero attached hydrogens (tertiary/aromatic N) is 2. The van der Waals surface area contributed by atoms with Crippen molar-refractivity contribution in [2.75, 3.05) is 5.32 Å². The summed E-state index contributed by atoms with van der Waals surface area (Å²) in [4.78, 5) is 13.7. The molecule has 1 aromatic heterocycles. The second-order valence-corrected chi connectivity index (χ2v) is 11.8. The predicted octanol–water partition coefficient (Wildman–Crippen LogP) is 4.20. The number of anilines is 1. The maximum Gasteiger partial charge on any atom is 0.237 e. The molecule has 1 amide bonds. The quantitative estimate of drug-likeness (QED) is 0.738. The van der Waals surface area contributed by atoms with Crippen molar-refractivity contribution in [3.63, 3.8) is 0 Å². The third-order valence-electron chi connectivity index (χ3n) is 6.54. The zero-order valence-electron chi connectivity index (χ0n) is 16.8. The lowest BCUT2D eigenvalue weighted by Gasteiger charge is -2.25. The summed E-state index contributed by atoms with van der Waals surface area (Å²) in [6, 6.07) is 6.97. The van der Waals surface area contributed by atoms with Crippen LogP contribution in [0.2, 0.25) is 0 Å². The first-order valence-corrected chi connectivity index (χ1v) is 12.7. The zero-order chi connectivity index (χ0) is 20.6. The van der Waals surface area contributed by atoms with Crippen LogP contribution in [0.1, 0.15) is 57.9 Å². The average molecular weight is 434 g/mol. The first-order chi connectivity index (χ1) is 13.9. The molecular formula is C21H27N3O3S2. The van der Waals surface area contributed by atoms with Gasteiger partial charge in [0.15, 0.2) is 9.84 Å². The Bertz CT molecular complexity index is 965. The second kappa shape index (κ2) is 7.80. The Hall–Kier alpha value is -1.80. The molecular weight excluding hydrogens is 406 g/mol. The van der Waals surface area contributed by atoms with Crippen molar-refractivity contribution in [3.05, 3.63) is 35.3 Å². The summed E-state index contributed by atoms with van der Waals surface area (Å²) in [5.74, 6) is 0.788. The van der Waals surface area contributed by atoms with Gasteiger partial charge in [-0.15, -0.1) is 10.2 Å². The standard InChI is InChI=1S/C21H27N3O3S2/c1-14(2)29(26,27)17-10-8-16(9-11-17)21(19(25)23-20-24-22-13-28-20)12-18(21)15-6-4-3-5-7-15/h8-11,13-15,18H,3-7,12H2,1-2H3,(H,23,24,25). The predicted molar refractivity (Wildman–Crippen MR) is 114 cm³/mol.